The van der Waals surface area contributed by atoms with Crippen molar-refractivity contribution < 1.29 is 4.42 Å². The highest BCUT2D eigenvalue weighted by atomic mass is 79.9. The van der Waals surface area contributed by atoms with Crippen LogP contribution in [0.2, 0.25) is 0 Å². The van der Waals surface area contributed by atoms with Gasteiger partial charge in [0.15, 0.2) is 0 Å². The summed E-state index contributed by atoms with van der Waals surface area (Å²) in [6.45, 7) is 0. The molecule has 7 heteroatoms. The third-order valence-electron chi connectivity index (χ3n) is 3.55. The summed E-state index contributed by atoms with van der Waals surface area (Å²) in [6, 6.07) is 18.0. The summed E-state index contributed by atoms with van der Waals surface area (Å²) in [7, 11) is 0. The first-order valence-corrected chi connectivity index (χ1v) is 9.37. The maximum absolute atomic E-state index is 5.73. The van der Waals surface area contributed by atoms with E-state index < -0.39 is 0 Å². The molecule has 4 rings (SSSR count). The molecule has 0 spiro atoms. The maximum atomic E-state index is 5.73. The summed E-state index contributed by atoms with van der Waals surface area (Å²) in [6.07, 6.45) is 3.69. The molecule has 2 aromatic carbocycles. The van der Waals surface area contributed by atoms with Gasteiger partial charge in [-0.1, -0.05) is 45.9 Å². The third-order valence-corrected chi connectivity index (χ3v) is 4.93. The molecule has 0 N–H and O–H groups in total. The van der Waals surface area contributed by atoms with Crippen molar-refractivity contribution in [2.75, 3.05) is 0 Å². The molecule has 0 saturated carbocycles. The lowest BCUT2D eigenvalue weighted by molar-refractivity contribution is 0.466. The van der Waals surface area contributed by atoms with Crippen LogP contribution in [-0.4, -0.2) is 20.0 Å². The molecule has 0 bridgehead atoms. The highest BCUT2D eigenvalue weighted by Crippen LogP contribution is 2.27. The van der Waals surface area contributed by atoms with Gasteiger partial charge in [0.2, 0.25) is 5.89 Å². The number of nitrogens with zero attached hydrogens (tertiary/aromatic N) is 4. The van der Waals surface area contributed by atoms with Gasteiger partial charge in [0.05, 0.1) is 5.69 Å². The van der Waals surface area contributed by atoms with Gasteiger partial charge in [-0.15, -0.1) is 10.2 Å². The molecule has 0 aliphatic carbocycles. The van der Waals surface area contributed by atoms with Crippen LogP contribution in [0.1, 0.15) is 5.56 Å². The zero-order valence-corrected chi connectivity index (χ0v) is 15.4. The summed E-state index contributed by atoms with van der Waals surface area (Å²) in [5.74, 6) is 1.29. The Balaban J connectivity index is 1.42. The van der Waals surface area contributed by atoms with Crippen LogP contribution in [0.3, 0.4) is 0 Å². The highest BCUT2D eigenvalue weighted by molar-refractivity contribution is 9.10. The molecule has 0 amide bonds. The Kier molecular flexibility index (Phi) is 4.67. The van der Waals surface area contributed by atoms with Gasteiger partial charge in [-0.05, 0) is 42.0 Å². The summed E-state index contributed by atoms with van der Waals surface area (Å²) in [4.78, 5) is 0. The van der Waals surface area contributed by atoms with Gasteiger partial charge in [0.1, 0.15) is 0 Å². The van der Waals surface area contributed by atoms with Crippen LogP contribution in [0.4, 0.5) is 0 Å². The smallest absolute Gasteiger partial charge is 0.277 e. The molecule has 2 heterocycles. The van der Waals surface area contributed by atoms with Gasteiger partial charge in [-0.3, -0.25) is 0 Å². The number of benzene rings is 2. The molecule has 0 radical (unpaired) electrons. The fraction of sp³-hybridized carbons (Fsp3) is 0.0556. The lowest BCUT2D eigenvalue weighted by Crippen LogP contribution is -1.93. The van der Waals surface area contributed by atoms with Crippen molar-refractivity contribution in [2.45, 2.75) is 11.0 Å². The number of hydrogen-bond donors (Lipinski definition) is 0. The SMILES string of the molecule is Brc1cccc(-c2nnc(SCc3ccc(-n4cccn4)cc3)o2)c1. The molecule has 0 fully saturated rings. The van der Waals surface area contributed by atoms with E-state index in [0.29, 0.717) is 11.1 Å². The molecule has 25 heavy (non-hydrogen) atoms. The molecule has 4 aromatic rings. The van der Waals surface area contributed by atoms with E-state index in [1.54, 1.807) is 6.20 Å². The van der Waals surface area contributed by atoms with Crippen molar-refractivity contribution in [3.8, 4) is 17.1 Å². The Morgan fingerprint density at radius 3 is 2.68 bits per heavy atom. The second-order valence-electron chi connectivity index (χ2n) is 5.29. The van der Waals surface area contributed by atoms with E-state index in [1.807, 2.05) is 53.3 Å². The molecule has 0 unspecified atom stereocenters. The Morgan fingerprint density at radius 1 is 1.04 bits per heavy atom. The number of halogens is 1. The fourth-order valence-corrected chi connectivity index (χ4v) is 3.44. The van der Waals surface area contributed by atoms with Crippen molar-refractivity contribution in [3.05, 3.63) is 77.0 Å². The van der Waals surface area contributed by atoms with E-state index in [0.717, 1.165) is 21.5 Å². The van der Waals surface area contributed by atoms with Crippen molar-refractivity contribution in [1.82, 2.24) is 20.0 Å². The van der Waals surface area contributed by atoms with E-state index in [-0.39, 0.29) is 0 Å². The summed E-state index contributed by atoms with van der Waals surface area (Å²) in [5.41, 5.74) is 3.12. The van der Waals surface area contributed by atoms with Crippen LogP contribution in [0.5, 0.6) is 0 Å². The number of hydrogen-bond acceptors (Lipinski definition) is 5. The van der Waals surface area contributed by atoms with Gasteiger partial charge in [0, 0.05) is 28.2 Å². The Bertz CT molecular complexity index is 967. The van der Waals surface area contributed by atoms with E-state index in [4.69, 9.17) is 4.42 Å². The Hall–Kier alpha value is -2.38. The average Bonchev–Trinajstić information content (AvgIpc) is 3.32. The fourth-order valence-electron chi connectivity index (χ4n) is 2.32. The minimum absolute atomic E-state index is 0.526. The van der Waals surface area contributed by atoms with Crippen molar-refractivity contribution >= 4 is 27.7 Å². The van der Waals surface area contributed by atoms with Crippen LogP contribution in [0, 0.1) is 0 Å². The van der Waals surface area contributed by atoms with Gasteiger partial charge >= 0.3 is 0 Å². The maximum Gasteiger partial charge on any atom is 0.277 e. The molecule has 0 atom stereocenters. The molecule has 5 nitrogen and oxygen atoms in total. The Labute approximate surface area is 157 Å². The summed E-state index contributed by atoms with van der Waals surface area (Å²) >= 11 is 4.97. The van der Waals surface area contributed by atoms with Crippen molar-refractivity contribution in [3.63, 3.8) is 0 Å². The topological polar surface area (TPSA) is 56.7 Å². The number of thioether (sulfide) groups is 1. The minimum Gasteiger partial charge on any atom is -0.411 e. The van der Waals surface area contributed by atoms with Crippen LogP contribution in [-0.2, 0) is 5.75 Å². The van der Waals surface area contributed by atoms with Crippen molar-refractivity contribution in [1.29, 1.82) is 0 Å². The normalized spacial score (nSPS) is 10.9. The predicted molar refractivity (Wildman–Crippen MR) is 101 cm³/mol. The van der Waals surface area contributed by atoms with E-state index in [2.05, 4.69) is 43.4 Å². The van der Waals surface area contributed by atoms with E-state index in [1.165, 1.54) is 17.3 Å². The second-order valence-corrected chi connectivity index (χ2v) is 7.13. The first-order chi connectivity index (χ1) is 12.3. The van der Waals surface area contributed by atoms with E-state index in [9.17, 15) is 0 Å². The summed E-state index contributed by atoms with van der Waals surface area (Å²) in [5, 5.41) is 13.0. The standard InChI is InChI=1S/C18H13BrN4OS/c19-15-4-1-3-14(11-15)17-21-22-18(24-17)25-12-13-5-7-16(8-6-13)23-10-2-9-20-23/h1-11H,12H2. The Morgan fingerprint density at radius 2 is 1.92 bits per heavy atom. The third kappa shape index (κ3) is 3.83. The van der Waals surface area contributed by atoms with Crippen LogP contribution in [0.25, 0.3) is 17.1 Å². The average molecular weight is 413 g/mol. The number of rotatable bonds is 5. The van der Waals surface area contributed by atoms with Crippen molar-refractivity contribution in [2.24, 2.45) is 0 Å². The molecule has 0 aliphatic rings. The van der Waals surface area contributed by atoms with Gasteiger partial charge in [-0.25, -0.2) is 4.68 Å². The largest absolute Gasteiger partial charge is 0.411 e. The molecule has 2 aromatic heterocycles. The zero-order chi connectivity index (χ0) is 17.1. The lowest BCUT2D eigenvalue weighted by Gasteiger charge is -2.03. The molecular weight excluding hydrogens is 400 g/mol. The zero-order valence-electron chi connectivity index (χ0n) is 13.0. The van der Waals surface area contributed by atoms with Crippen LogP contribution < -0.4 is 0 Å². The quantitative estimate of drug-likeness (QED) is 0.432. The molecule has 0 saturated heterocycles. The number of aromatic nitrogens is 4. The van der Waals surface area contributed by atoms with Gasteiger partial charge in [0.25, 0.3) is 5.22 Å². The molecule has 124 valence electrons. The monoisotopic (exact) mass is 412 g/mol. The first-order valence-electron chi connectivity index (χ1n) is 7.59. The second kappa shape index (κ2) is 7.25. The summed E-state index contributed by atoms with van der Waals surface area (Å²) < 4.78 is 8.55. The minimum atomic E-state index is 0.526. The van der Waals surface area contributed by atoms with E-state index >= 15 is 0 Å². The molecular formula is C18H13BrN4OS. The lowest BCUT2D eigenvalue weighted by atomic mass is 10.2. The first kappa shape index (κ1) is 16.1. The van der Waals surface area contributed by atoms with Gasteiger partial charge in [-0.2, -0.15) is 5.10 Å². The predicted octanol–water partition coefficient (Wildman–Crippen LogP) is 4.98. The van der Waals surface area contributed by atoms with Gasteiger partial charge < -0.3 is 4.42 Å². The highest BCUT2D eigenvalue weighted by Gasteiger charge is 2.09. The molecule has 0 aliphatic heterocycles. The van der Waals surface area contributed by atoms with Crippen LogP contribution >= 0.6 is 27.7 Å². The van der Waals surface area contributed by atoms with Crippen LogP contribution in [0.15, 0.2) is 81.1 Å².